The first-order valence-electron chi connectivity index (χ1n) is 9.79. The monoisotopic (exact) mass is 399 g/mol. The summed E-state index contributed by atoms with van der Waals surface area (Å²) >= 11 is 0. The summed E-state index contributed by atoms with van der Waals surface area (Å²) in [6.07, 6.45) is -0.721. The van der Waals surface area contributed by atoms with Gasteiger partial charge in [0, 0.05) is 17.7 Å². The molecule has 5 heteroatoms. The number of nitrogens with one attached hydrogen (secondary N) is 1. The van der Waals surface area contributed by atoms with Gasteiger partial charge in [0.1, 0.15) is 17.6 Å². The van der Waals surface area contributed by atoms with Crippen LogP contribution in [0.2, 0.25) is 0 Å². The third-order valence-electron chi connectivity index (χ3n) is 5.48. The number of carbonyl (C=O) groups excluding carboxylic acids is 1. The van der Waals surface area contributed by atoms with E-state index in [-0.39, 0.29) is 11.9 Å². The lowest BCUT2D eigenvalue weighted by atomic mass is 9.97. The third kappa shape index (κ3) is 3.04. The summed E-state index contributed by atoms with van der Waals surface area (Å²) < 4.78 is 16.8. The average Bonchev–Trinajstić information content (AvgIpc) is 3.52. The highest BCUT2D eigenvalue weighted by molar-refractivity contribution is 6.14. The summed E-state index contributed by atoms with van der Waals surface area (Å²) in [5.41, 5.74) is 4.06. The predicted octanol–water partition coefficient (Wildman–Crippen LogP) is 5.17. The Balaban J connectivity index is 1.65. The molecule has 0 unspecified atom stereocenters. The number of hydrogen-bond acceptors (Lipinski definition) is 4. The first-order valence-corrected chi connectivity index (χ1v) is 9.79. The number of ether oxygens (including phenoxy) is 3. The molecule has 30 heavy (non-hydrogen) atoms. The van der Waals surface area contributed by atoms with E-state index in [2.05, 4.69) is 4.98 Å². The van der Waals surface area contributed by atoms with E-state index in [1.54, 1.807) is 14.2 Å². The van der Waals surface area contributed by atoms with Crippen LogP contribution in [-0.2, 0) is 4.74 Å². The zero-order valence-electron chi connectivity index (χ0n) is 16.7. The van der Waals surface area contributed by atoms with Crippen LogP contribution >= 0.6 is 0 Å². The molecular weight excluding hydrogens is 378 g/mol. The summed E-state index contributed by atoms with van der Waals surface area (Å²) in [6.45, 7) is 0. The van der Waals surface area contributed by atoms with Gasteiger partial charge in [-0.05, 0) is 11.1 Å². The van der Waals surface area contributed by atoms with Crippen molar-refractivity contribution in [2.75, 3.05) is 14.2 Å². The van der Waals surface area contributed by atoms with Crippen LogP contribution in [0.15, 0.2) is 72.8 Å². The predicted molar refractivity (Wildman–Crippen MR) is 115 cm³/mol. The van der Waals surface area contributed by atoms with Gasteiger partial charge in [-0.25, -0.2) is 0 Å². The van der Waals surface area contributed by atoms with Crippen molar-refractivity contribution >= 4 is 16.7 Å². The van der Waals surface area contributed by atoms with Crippen LogP contribution in [0, 0.1) is 0 Å². The maximum absolute atomic E-state index is 13.5. The van der Waals surface area contributed by atoms with Crippen molar-refractivity contribution in [1.82, 2.24) is 4.98 Å². The fourth-order valence-electron chi connectivity index (χ4n) is 3.98. The van der Waals surface area contributed by atoms with E-state index < -0.39 is 6.10 Å². The summed E-state index contributed by atoms with van der Waals surface area (Å²) in [5, 5.41) is 0.852. The van der Waals surface area contributed by atoms with Crippen LogP contribution in [0.25, 0.3) is 22.0 Å². The number of ketones is 1. The fraction of sp³-hybridized carbons (Fsp3) is 0.160. The second kappa shape index (κ2) is 7.35. The Hall–Kier alpha value is -3.57. The maximum atomic E-state index is 13.5. The number of H-pyrrole nitrogens is 1. The highest BCUT2D eigenvalue weighted by Crippen LogP contribution is 2.45. The molecule has 1 aliphatic heterocycles. The normalized spacial score (nSPS) is 17.7. The van der Waals surface area contributed by atoms with Gasteiger partial charge in [0.15, 0.2) is 6.10 Å². The second-order valence-electron chi connectivity index (χ2n) is 7.25. The Morgan fingerprint density at radius 3 is 2.30 bits per heavy atom. The Labute approximate surface area is 174 Å². The summed E-state index contributed by atoms with van der Waals surface area (Å²) in [4.78, 5) is 16.8. The second-order valence-corrected chi connectivity index (χ2v) is 7.25. The highest BCUT2D eigenvalue weighted by Gasteiger charge is 2.47. The SMILES string of the molecule is COc1cc(OC)c2c(-c3ccccc3)c(C(=O)[C@H]3O[C@@H]3c3ccccc3)[nH]c2c1. The molecule has 1 N–H and O–H groups in total. The molecule has 1 saturated heterocycles. The average molecular weight is 399 g/mol. The van der Waals surface area contributed by atoms with Crippen LogP contribution in [0.4, 0.5) is 0 Å². The van der Waals surface area contributed by atoms with E-state index >= 15 is 0 Å². The Morgan fingerprint density at radius 2 is 1.63 bits per heavy atom. The number of hydrogen-bond donors (Lipinski definition) is 1. The van der Waals surface area contributed by atoms with Crippen molar-refractivity contribution in [2.45, 2.75) is 12.2 Å². The molecule has 0 spiro atoms. The number of aromatic amines is 1. The molecule has 1 aromatic heterocycles. The Bertz CT molecular complexity index is 1210. The molecular formula is C25H21NO4. The van der Waals surface area contributed by atoms with E-state index in [0.717, 1.165) is 27.6 Å². The molecule has 2 atom stereocenters. The van der Waals surface area contributed by atoms with Gasteiger partial charge in [0.25, 0.3) is 0 Å². The van der Waals surface area contributed by atoms with Crippen molar-refractivity contribution in [3.05, 3.63) is 84.1 Å². The van der Waals surface area contributed by atoms with Gasteiger partial charge < -0.3 is 19.2 Å². The van der Waals surface area contributed by atoms with E-state index in [0.29, 0.717) is 17.2 Å². The number of carbonyl (C=O) groups is 1. The Morgan fingerprint density at radius 1 is 0.933 bits per heavy atom. The summed E-state index contributed by atoms with van der Waals surface area (Å²) in [6, 6.07) is 23.4. The van der Waals surface area contributed by atoms with Gasteiger partial charge in [-0.15, -0.1) is 0 Å². The zero-order valence-corrected chi connectivity index (χ0v) is 16.7. The lowest BCUT2D eigenvalue weighted by Gasteiger charge is -2.09. The van der Waals surface area contributed by atoms with E-state index in [1.807, 2.05) is 72.8 Å². The van der Waals surface area contributed by atoms with Crippen LogP contribution in [-0.4, -0.2) is 31.1 Å². The molecule has 3 aromatic carbocycles. The topological polar surface area (TPSA) is 63.9 Å². The van der Waals surface area contributed by atoms with Crippen molar-refractivity contribution in [3.8, 4) is 22.6 Å². The Kier molecular flexibility index (Phi) is 4.52. The summed E-state index contributed by atoms with van der Waals surface area (Å²) in [5.74, 6) is 1.23. The van der Waals surface area contributed by atoms with Crippen LogP contribution in [0.5, 0.6) is 11.5 Å². The van der Waals surface area contributed by atoms with Gasteiger partial charge in [-0.3, -0.25) is 4.79 Å². The van der Waals surface area contributed by atoms with Gasteiger partial charge in [0.2, 0.25) is 5.78 Å². The maximum Gasteiger partial charge on any atom is 0.211 e. The number of epoxide rings is 1. The van der Waals surface area contributed by atoms with E-state index in [1.165, 1.54) is 0 Å². The molecule has 1 fully saturated rings. The van der Waals surface area contributed by atoms with Gasteiger partial charge in [0.05, 0.1) is 30.8 Å². The van der Waals surface area contributed by atoms with Gasteiger partial charge >= 0.3 is 0 Å². The molecule has 0 aliphatic carbocycles. The largest absolute Gasteiger partial charge is 0.497 e. The molecule has 0 bridgehead atoms. The molecule has 1 aliphatic rings. The number of Topliss-reactive ketones (excluding diaryl/α,β-unsaturated/α-hetero) is 1. The third-order valence-corrected chi connectivity index (χ3v) is 5.48. The number of methoxy groups -OCH3 is 2. The van der Waals surface area contributed by atoms with Crippen LogP contribution in [0.1, 0.15) is 22.2 Å². The molecule has 2 heterocycles. The molecule has 4 aromatic rings. The quantitative estimate of drug-likeness (QED) is 0.359. The van der Waals surface area contributed by atoms with E-state index in [4.69, 9.17) is 14.2 Å². The first-order chi connectivity index (χ1) is 14.7. The number of aromatic nitrogens is 1. The van der Waals surface area contributed by atoms with Crippen LogP contribution in [0.3, 0.4) is 0 Å². The minimum atomic E-state index is -0.504. The number of fused-ring (bicyclic) bond motifs is 1. The van der Waals surface area contributed by atoms with Crippen molar-refractivity contribution < 1.29 is 19.0 Å². The minimum Gasteiger partial charge on any atom is -0.497 e. The van der Waals surface area contributed by atoms with Crippen molar-refractivity contribution in [1.29, 1.82) is 0 Å². The summed E-state index contributed by atoms with van der Waals surface area (Å²) in [7, 11) is 3.23. The lowest BCUT2D eigenvalue weighted by Crippen LogP contribution is -2.10. The van der Waals surface area contributed by atoms with Gasteiger partial charge in [-0.2, -0.15) is 0 Å². The molecule has 0 saturated carbocycles. The molecule has 0 radical (unpaired) electrons. The molecule has 5 nitrogen and oxygen atoms in total. The number of rotatable bonds is 6. The van der Waals surface area contributed by atoms with E-state index in [9.17, 15) is 4.79 Å². The molecule has 150 valence electrons. The highest BCUT2D eigenvalue weighted by atomic mass is 16.6. The fourth-order valence-corrected chi connectivity index (χ4v) is 3.98. The zero-order chi connectivity index (χ0) is 20.7. The van der Waals surface area contributed by atoms with Crippen LogP contribution < -0.4 is 9.47 Å². The van der Waals surface area contributed by atoms with Crippen molar-refractivity contribution in [3.63, 3.8) is 0 Å². The molecule has 0 amide bonds. The molecule has 5 rings (SSSR count). The number of benzene rings is 3. The smallest absolute Gasteiger partial charge is 0.211 e. The first kappa shape index (κ1) is 18.5. The van der Waals surface area contributed by atoms with Crippen molar-refractivity contribution in [2.24, 2.45) is 0 Å². The minimum absolute atomic E-state index is 0.0695. The standard InChI is InChI=1S/C25H21NO4/c1-28-17-13-18-21(19(14-17)29-2)20(15-9-5-3-6-10-15)22(26-18)23(27)25-24(30-25)16-11-7-4-8-12-16/h3-14,24-26H,1-2H3/t24-,25-/m1/s1. The van der Waals surface area contributed by atoms with Gasteiger partial charge in [-0.1, -0.05) is 60.7 Å². The lowest BCUT2D eigenvalue weighted by molar-refractivity contribution is 0.0950.